The number of rotatable bonds is 6. The molecule has 0 aliphatic carbocycles. The molecule has 2 aromatic rings. The third-order valence-corrected chi connectivity index (χ3v) is 4.26. The first-order valence-electron chi connectivity index (χ1n) is 8.78. The number of aromatic nitrogens is 1. The highest BCUT2D eigenvalue weighted by Gasteiger charge is 2.15. The van der Waals surface area contributed by atoms with Crippen LogP contribution in [-0.2, 0) is 11.3 Å². The Bertz CT molecular complexity index is 759. The molecule has 0 saturated heterocycles. The average Bonchev–Trinajstić information content (AvgIpc) is 3.09. The number of alkyl carbamates (subject to hydrolysis) is 1. The minimum atomic E-state index is -0.499. The van der Waals surface area contributed by atoms with Gasteiger partial charge in [0.05, 0.1) is 12.2 Å². The highest BCUT2D eigenvalue weighted by molar-refractivity contribution is 14.0. The molecule has 0 saturated carbocycles. The van der Waals surface area contributed by atoms with Crippen molar-refractivity contribution in [1.82, 2.24) is 20.9 Å². The van der Waals surface area contributed by atoms with Crippen molar-refractivity contribution < 1.29 is 9.53 Å². The van der Waals surface area contributed by atoms with Crippen LogP contribution in [-0.4, -0.2) is 42.8 Å². The van der Waals surface area contributed by atoms with Gasteiger partial charge in [0.1, 0.15) is 10.6 Å². The molecule has 1 amide bonds. The largest absolute Gasteiger partial charge is 0.444 e. The lowest BCUT2D eigenvalue weighted by atomic mass is 10.2. The van der Waals surface area contributed by atoms with E-state index in [1.54, 1.807) is 18.4 Å². The lowest BCUT2D eigenvalue weighted by Gasteiger charge is -2.19. The van der Waals surface area contributed by atoms with E-state index in [4.69, 9.17) is 4.74 Å². The number of carbonyl (C=O) groups excluding carboxylic acids is 1. The Balaban J connectivity index is 0.00000392. The van der Waals surface area contributed by atoms with Crippen LogP contribution in [0.2, 0.25) is 0 Å². The van der Waals surface area contributed by atoms with Crippen LogP contribution >= 0.6 is 35.3 Å². The third kappa shape index (κ3) is 8.87. The van der Waals surface area contributed by atoms with Gasteiger partial charge in [-0.25, -0.2) is 9.78 Å². The quantitative estimate of drug-likeness (QED) is 0.236. The molecule has 1 aromatic carbocycles. The Morgan fingerprint density at radius 2 is 1.82 bits per heavy atom. The molecule has 1 heterocycles. The van der Waals surface area contributed by atoms with Gasteiger partial charge >= 0.3 is 6.09 Å². The number of amides is 1. The van der Waals surface area contributed by atoms with E-state index < -0.39 is 11.7 Å². The van der Waals surface area contributed by atoms with Gasteiger partial charge in [-0.2, -0.15) is 0 Å². The molecule has 0 atom stereocenters. The van der Waals surface area contributed by atoms with Crippen LogP contribution < -0.4 is 16.0 Å². The molecular formula is C19H28IN5O2S. The maximum Gasteiger partial charge on any atom is 0.407 e. The van der Waals surface area contributed by atoms with E-state index in [9.17, 15) is 4.79 Å². The summed E-state index contributed by atoms with van der Waals surface area (Å²) in [5, 5.41) is 12.1. The summed E-state index contributed by atoms with van der Waals surface area (Å²) < 4.78 is 5.18. The highest BCUT2D eigenvalue weighted by atomic mass is 127. The van der Waals surface area contributed by atoms with E-state index in [1.165, 1.54) is 0 Å². The van der Waals surface area contributed by atoms with Gasteiger partial charge < -0.3 is 20.7 Å². The molecule has 9 heteroatoms. The lowest BCUT2D eigenvalue weighted by molar-refractivity contribution is 0.0529. The Kier molecular flexibility index (Phi) is 10.2. The van der Waals surface area contributed by atoms with E-state index in [-0.39, 0.29) is 24.0 Å². The maximum atomic E-state index is 11.6. The number of carbonyl (C=O) groups is 1. The summed E-state index contributed by atoms with van der Waals surface area (Å²) in [6, 6.07) is 10.1. The summed E-state index contributed by atoms with van der Waals surface area (Å²) in [5.74, 6) is 0.648. The van der Waals surface area contributed by atoms with Crippen molar-refractivity contribution in [2.24, 2.45) is 4.99 Å². The smallest absolute Gasteiger partial charge is 0.407 e. The van der Waals surface area contributed by atoms with Crippen molar-refractivity contribution in [2.75, 3.05) is 20.1 Å². The van der Waals surface area contributed by atoms with Gasteiger partial charge in [-0.1, -0.05) is 30.3 Å². The van der Waals surface area contributed by atoms with Crippen molar-refractivity contribution in [3.8, 4) is 10.6 Å². The lowest BCUT2D eigenvalue weighted by Crippen LogP contribution is -2.42. The molecular weight excluding hydrogens is 489 g/mol. The average molecular weight is 517 g/mol. The molecule has 0 unspecified atom stereocenters. The fraction of sp³-hybridized carbons (Fsp3) is 0.421. The van der Waals surface area contributed by atoms with Gasteiger partial charge in [0.25, 0.3) is 0 Å². The number of aliphatic imine (C=N–C) groups is 1. The molecule has 0 aliphatic heterocycles. The molecule has 28 heavy (non-hydrogen) atoms. The first kappa shape index (κ1) is 24.2. The molecule has 7 nitrogen and oxygen atoms in total. The van der Waals surface area contributed by atoms with Crippen LogP contribution in [0, 0.1) is 0 Å². The summed E-state index contributed by atoms with van der Waals surface area (Å²) in [7, 11) is 1.70. The normalized spacial score (nSPS) is 11.4. The predicted octanol–water partition coefficient (Wildman–Crippen LogP) is 3.62. The fourth-order valence-corrected chi connectivity index (χ4v) is 2.98. The van der Waals surface area contributed by atoms with E-state index in [1.807, 2.05) is 56.5 Å². The number of halogens is 1. The Morgan fingerprint density at radius 1 is 1.14 bits per heavy atom. The van der Waals surface area contributed by atoms with Crippen molar-refractivity contribution in [3.05, 3.63) is 41.4 Å². The van der Waals surface area contributed by atoms with Crippen LogP contribution in [0.4, 0.5) is 4.79 Å². The van der Waals surface area contributed by atoms with Crippen molar-refractivity contribution in [2.45, 2.75) is 32.9 Å². The number of ether oxygens (including phenoxy) is 1. The van der Waals surface area contributed by atoms with E-state index in [2.05, 4.69) is 25.9 Å². The fourth-order valence-electron chi connectivity index (χ4n) is 2.16. The second-order valence-corrected chi connectivity index (χ2v) is 7.65. The molecule has 1 aromatic heterocycles. The molecule has 2 rings (SSSR count). The molecule has 0 spiro atoms. The monoisotopic (exact) mass is 517 g/mol. The number of guanidine groups is 1. The Morgan fingerprint density at radius 3 is 2.46 bits per heavy atom. The van der Waals surface area contributed by atoms with E-state index in [0.29, 0.717) is 25.6 Å². The third-order valence-electron chi connectivity index (χ3n) is 3.32. The predicted molar refractivity (Wildman–Crippen MR) is 125 cm³/mol. The second-order valence-electron chi connectivity index (χ2n) is 6.79. The summed E-state index contributed by atoms with van der Waals surface area (Å²) >= 11 is 1.62. The Labute approximate surface area is 187 Å². The number of benzene rings is 1. The minimum Gasteiger partial charge on any atom is -0.444 e. The number of nitrogens with zero attached hydrogens (tertiary/aromatic N) is 2. The number of thiazole rings is 1. The molecule has 0 fully saturated rings. The Hall–Kier alpha value is -1.88. The summed E-state index contributed by atoms with van der Waals surface area (Å²) in [6.45, 7) is 7.03. The van der Waals surface area contributed by atoms with Crippen LogP contribution in [0.5, 0.6) is 0 Å². The molecule has 3 N–H and O–H groups in total. The van der Waals surface area contributed by atoms with E-state index in [0.717, 1.165) is 16.3 Å². The second kappa shape index (κ2) is 11.8. The standard InChI is InChI=1S/C19H27N5O2S.HI/c1-19(2,3)26-18(25)22-11-10-21-17(20-4)23-12-15-13-27-16(24-15)14-8-6-5-7-9-14;/h5-9,13H,10-12H2,1-4H3,(H,22,25)(H2,20,21,23);1H. The minimum absolute atomic E-state index is 0. The van der Waals surface area contributed by atoms with Gasteiger partial charge in [-0.05, 0) is 20.8 Å². The number of nitrogens with one attached hydrogen (secondary N) is 3. The SMILES string of the molecule is CN=C(NCCNC(=O)OC(C)(C)C)NCc1csc(-c2ccccc2)n1.I. The topological polar surface area (TPSA) is 87.6 Å². The summed E-state index contributed by atoms with van der Waals surface area (Å²) in [5.41, 5.74) is 1.57. The highest BCUT2D eigenvalue weighted by Crippen LogP contribution is 2.23. The van der Waals surface area contributed by atoms with Gasteiger partial charge in [0, 0.05) is 31.1 Å². The van der Waals surface area contributed by atoms with Gasteiger partial charge in [0.15, 0.2) is 5.96 Å². The molecule has 0 bridgehead atoms. The summed E-state index contributed by atoms with van der Waals surface area (Å²) in [6.07, 6.45) is -0.428. The van der Waals surface area contributed by atoms with Crippen LogP contribution in [0.15, 0.2) is 40.7 Å². The van der Waals surface area contributed by atoms with Crippen LogP contribution in [0.1, 0.15) is 26.5 Å². The molecule has 154 valence electrons. The summed E-state index contributed by atoms with van der Waals surface area (Å²) in [4.78, 5) is 20.4. The first-order valence-corrected chi connectivity index (χ1v) is 9.66. The molecule has 0 radical (unpaired) electrons. The zero-order chi connectivity index (χ0) is 19.7. The van der Waals surface area contributed by atoms with Crippen molar-refractivity contribution >= 4 is 47.4 Å². The van der Waals surface area contributed by atoms with Crippen LogP contribution in [0.25, 0.3) is 10.6 Å². The number of hydrogen-bond acceptors (Lipinski definition) is 5. The maximum absolute atomic E-state index is 11.6. The zero-order valence-electron chi connectivity index (χ0n) is 16.6. The molecule has 0 aliphatic rings. The van der Waals surface area contributed by atoms with Crippen LogP contribution in [0.3, 0.4) is 0 Å². The number of hydrogen-bond donors (Lipinski definition) is 3. The van der Waals surface area contributed by atoms with E-state index >= 15 is 0 Å². The van der Waals surface area contributed by atoms with Crippen molar-refractivity contribution in [3.63, 3.8) is 0 Å². The van der Waals surface area contributed by atoms with Gasteiger partial charge in [0.2, 0.25) is 0 Å². The van der Waals surface area contributed by atoms with Gasteiger partial charge in [-0.3, -0.25) is 4.99 Å². The van der Waals surface area contributed by atoms with Gasteiger partial charge in [-0.15, -0.1) is 35.3 Å². The zero-order valence-corrected chi connectivity index (χ0v) is 19.8. The first-order chi connectivity index (χ1) is 12.9. The van der Waals surface area contributed by atoms with Crippen molar-refractivity contribution in [1.29, 1.82) is 0 Å².